The average Bonchev–Trinajstić information content (AvgIpc) is 2.55. The minimum absolute atomic E-state index is 0.324. The first kappa shape index (κ1) is 14.9. The number of aromatic nitrogens is 1. The summed E-state index contributed by atoms with van der Waals surface area (Å²) in [4.78, 5) is 4.08. The fourth-order valence-corrected chi connectivity index (χ4v) is 2.55. The molecule has 0 radical (unpaired) electrons. The zero-order valence-electron chi connectivity index (χ0n) is 11.6. The van der Waals surface area contributed by atoms with Gasteiger partial charge in [-0.15, -0.1) is 0 Å². The summed E-state index contributed by atoms with van der Waals surface area (Å²) in [5, 5.41) is 1.34. The van der Waals surface area contributed by atoms with Gasteiger partial charge in [0.1, 0.15) is 5.75 Å². The molecule has 0 saturated carbocycles. The second-order valence-electron chi connectivity index (χ2n) is 4.76. The van der Waals surface area contributed by atoms with Gasteiger partial charge in [0.15, 0.2) is 6.10 Å². The Labute approximate surface area is 139 Å². The van der Waals surface area contributed by atoms with Crippen LogP contribution in [0.25, 0.3) is 0 Å². The van der Waals surface area contributed by atoms with E-state index in [2.05, 4.69) is 4.98 Å². The van der Waals surface area contributed by atoms with Crippen LogP contribution in [0.4, 0.5) is 0 Å². The molecule has 22 heavy (non-hydrogen) atoms. The van der Waals surface area contributed by atoms with Crippen LogP contribution in [0.15, 0.2) is 73.1 Å². The molecule has 1 unspecified atom stereocenters. The van der Waals surface area contributed by atoms with E-state index in [4.69, 9.17) is 27.9 Å². The molecule has 3 rings (SSSR count). The molecule has 1 aromatic heterocycles. The van der Waals surface area contributed by atoms with E-state index in [9.17, 15) is 0 Å². The van der Waals surface area contributed by atoms with Crippen molar-refractivity contribution in [2.24, 2.45) is 0 Å². The third-order valence-electron chi connectivity index (χ3n) is 3.25. The van der Waals surface area contributed by atoms with Crippen molar-refractivity contribution >= 4 is 23.2 Å². The highest BCUT2D eigenvalue weighted by Crippen LogP contribution is 2.32. The molecular weight excluding hydrogens is 317 g/mol. The standard InChI is InChI=1S/C18H13Cl2NO/c19-14-9-7-13(8-10-14)18(16-5-1-2-6-17(16)20)22-15-4-3-11-21-12-15/h1-12,18H. The van der Waals surface area contributed by atoms with Crippen molar-refractivity contribution < 1.29 is 4.74 Å². The van der Waals surface area contributed by atoms with Crippen molar-refractivity contribution in [1.82, 2.24) is 4.98 Å². The van der Waals surface area contributed by atoms with Crippen LogP contribution in [0, 0.1) is 0 Å². The topological polar surface area (TPSA) is 22.1 Å². The predicted octanol–water partition coefficient (Wildman–Crippen LogP) is 5.56. The van der Waals surface area contributed by atoms with Gasteiger partial charge in [0.25, 0.3) is 0 Å². The lowest BCUT2D eigenvalue weighted by atomic mass is 10.0. The molecule has 0 aliphatic heterocycles. The lowest BCUT2D eigenvalue weighted by molar-refractivity contribution is 0.246. The van der Waals surface area contributed by atoms with E-state index in [0.717, 1.165) is 11.1 Å². The summed E-state index contributed by atoms with van der Waals surface area (Å²) in [5.74, 6) is 0.683. The number of nitrogens with zero attached hydrogens (tertiary/aromatic N) is 1. The number of hydrogen-bond donors (Lipinski definition) is 0. The Bertz CT molecular complexity index is 745. The van der Waals surface area contributed by atoms with Crippen molar-refractivity contribution in [2.75, 3.05) is 0 Å². The first-order valence-corrected chi connectivity index (χ1v) is 7.56. The van der Waals surface area contributed by atoms with Crippen molar-refractivity contribution in [2.45, 2.75) is 6.10 Å². The largest absolute Gasteiger partial charge is 0.479 e. The fourth-order valence-electron chi connectivity index (χ4n) is 2.19. The van der Waals surface area contributed by atoms with Gasteiger partial charge < -0.3 is 4.74 Å². The molecule has 3 aromatic rings. The monoisotopic (exact) mass is 329 g/mol. The van der Waals surface area contributed by atoms with Crippen LogP contribution < -0.4 is 4.74 Å². The Balaban J connectivity index is 2.02. The Morgan fingerprint density at radius 3 is 2.32 bits per heavy atom. The molecule has 110 valence electrons. The quantitative estimate of drug-likeness (QED) is 0.625. The van der Waals surface area contributed by atoms with E-state index in [0.29, 0.717) is 15.8 Å². The first-order valence-electron chi connectivity index (χ1n) is 6.80. The molecule has 0 amide bonds. The third kappa shape index (κ3) is 3.41. The lowest BCUT2D eigenvalue weighted by Crippen LogP contribution is -2.10. The molecule has 2 nitrogen and oxygen atoms in total. The molecule has 0 N–H and O–H groups in total. The third-order valence-corrected chi connectivity index (χ3v) is 3.84. The van der Waals surface area contributed by atoms with Crippen LogP contribution in [0.5, 0.6) is 5.75 Å². The maximum absolute atomic E-state index is 6.34. The lowest BCUT2D eigenvalue weighted by Gasteiger charge is -2.21. The first-order chi connectivity index (χ1) is 10.7. The second kappa shape index (κ2) is 6.82. The van der Waals surface area contributed by atoms with E-state index in [1.54, 1.807) is 12.4 Å². The number of pyridine rings is 1. The van der Waals surface area contributed by atoms with Gasteiger partial charge in [0.05, 0.1) is 6.20 Å². The Hall–Kier alpha value is -2.03. The highest BCUT2D eigenvalue weighted by Gasteiger charge is 2.19. The van der Waals surface area contributed by atoms with Crippen molar-refractivity contribution in [3.63, 3.8) is 0 Å². The van der Waals surface area contributed by atoms with Gasteiger partial charge in [-0.05, 0) is 35.9 Å². The van der Waals surface area contributed by atoms with Crippen LogP contribution in [-0.4, -0.2) is 4.98 Å². The van der Waals surface area contributed by atoms with Gasteiger partial charge >= 0.3 is 0 Å². The fraction of sp³-hybridized carbons (Fsp3) is 0.0556. The molecule has 0 fully saturated rings. The minimum atomic E-state index is -0.324. The van der Waals surface area contributed by atoms with Crippen molar-refractivity contribution in [1.29, 1.82) is 0 Å². The van der Waals surface area contributed by atoms with Crippen LogP contribution in [0.2, 0.25) is 10.0 Å². The second-order valence-corrected chi connectivity index (χ2v) is 5.60. The van der Waals surface area contributed by atoms with Crippen molar-refractivity contribution in [3.05, 3.63) is 94.2 Å². The predicted molar refractivity (Wildman–Crippen MR) is 89.6 cm³/mol. The smallest absolute Gasteiger partial charge is 0.150 e. The summed E-state index contributed by atoms with van der Waals surface area (Å²) >= 11 is 12.3. The van der Waals surface area contributed by atoms with Gasteiger partial charge in [0, 0.05) is 21.8 Å². The Morgan fingerprint density at radius 2 is 1.64 bits per heavy atom. The molecule has 1 heterocycles. The number of ether oxygens (including phenoxy) is 1. The van der Waals surface area contributed by atoms with Gasteiger partial charge in [-0.2, -0.15) is 0 Å². The van der Waals surface area contributed by atoms with E-state index in [-0.39, 0.29) is 6.10 Å². The highest BCUT2D eigenvalue weighted by atomic mass is 35.5. The van der Waals surface area contributed by atoms with Gasteiger partial charge in [-0.1, -0.05) is 53.5 Å². The van der Waals surface area contributed by atoms with Crippen LogP contribution in [0.1, 0.15) is 17.2 Å². The minimum Gasteiger partial charge on any atom is -0.479 e. The summed E-state index contributed by atoms with van der Waals surface area (Å²) in [7, 11) is 0. The Morgan fingerprint density at radius 1 is 0.864 bits per heavy atom. The summed E-state index contributed by atoms with van der Waals surface area (Å²) in [5.41, 5.74) is 1.87. The van der Waals surface area contributed by atoms with Crippen LogP contribution >= 0.6 is 23.2 Å². The summed E-state index contributed by atoms with van der Waals surface area (Å²) < 4.78 is 6.12. The average molecular weight is 330 g/mol. The number of benzene rings is 2. The Kier molecular flexibility index (Phi) is 4.62. The maximum Gasteiger partial charge on any atom is 0.150 e. The molecular formula is C18H13Cl2NO. The molecule has 0 aliphatic carbocycles. The molecule has 4 heteroatoms. The number of rotatable bonds is 4. The molecule has 0 bridgehead atoms. The van der Waals surface area contributed by atoms with Gasteiger partial charge in [-0.3, -0.25) is 4.98 Å². The zero-order valence-corrected chi connectivity index (χ0v) is 13.1. The molecule has 1 atom stereocenters. The number of hydrogen-bond acceptors (Lipinski definition) is 2. The molecule has 0 aliphatic rings. The van der Waals surface area contributed by atoms with Gasteiger partial charge in [-0.25, -0.2) is 0 Å². The van der Waals surface area contributed by atoms with Gasteiger partial charge in [0.2, 0.25) is 0 Å². The zero-order chi connectivity index (χ0) is 15.4. The molecule has 0 spiro atoms. The maximum atomic E-state index is 6.34. The van der Waals surface area contributed by atoms with Crippen LogP contribution in [0.3, 0.4) is 0 Å². The van der Waals surface area contributed by atoms with E-state index in [1.165, 1.54) is 0 Å². The summed E-state index contributed by atoms with van der Waals surface area (Å²) in [6.45, 7) is 0. The van der Waals surface area contributed by atoms with Crippen LogP contribution in [-0.2, 0) is 0 Å². The molecule has 0 saturated heterocycles. The normalized spacial score (nSPS) is 11.9. The van der Waals surface area contributed by atoms with E-state index in [1.807, 2.05) is 60.7 Å². The van der Waals surface area contributed by atoms with E-state index >= 15 is 0 Å². The van der Waals surface area contributed by atoms with Crippen molar-refractivity contribution in [3.8, 4) is 5.75 Å². The van der Waals surface area contributed by atoms with E-state index < -0.39 is 0 Å². The number of halogens is 2. The summed E-state index contributed by atoms with van der Waals surface area (Å²) in [6, 6.07) is 18.9. The summed E-state index contributed by atoms with van der Waals surface area (Å²) in [6.07, 6.45) is 3.06. The molecule has 2 aromatic carbocycles. The SMILES string of the molecule is Clc1ccc(C(Oc2cccnc2)c2ccccc2Cl)cc1. The highest BCUT2D eigenvalue weighted by molar-refractivity contribution is 6.31.